The number of hydrogen-bond acceptors (Lipinski definition) is 6. The summed E-state index contributed by atoms with van der Waals surface area (Å²) in [5.41, 5.74) is 6.64. The number of aliphatic carboxylic acids is 1. The zero-order valence-corrected chi connectivity index (χ0v) is 16.3. The van der Waals surface area contributed by atoms with Gasteiger partial charge in [-0.2, -0.15) is 12.6 Å². The van der Waals surface area contributed by atoms with E-state index in [0.717, 1.165) is 5.56 Å². The SMILES string of the molecule is CCC(C)C(NC(=O)C(CS)NC(=O)C(N)Cc1ccc(O)cc1)C(=O)O. The molecule has 0 radical (unpaired) electrons. The van der Waals surface area contributed by atoms with E-state index >= 15 is 0 Å². The van der Waals surface area contributed by atoms with Crippen molar-refractivity contribution in [1.82, 2.24) is 10.6 Å². The van der Waals surface area contributed by atoms with E-state index in [1.54, 1.807) is 19.1 Å². The highest BCUT2D eigenvalue weighted by Gasteiger charge is 2.29. The van der Waals surface area contributed by atoms with E-state index in [2.05, 4.69) is 23.3 Å². The average molecular weight is 397 g/mol. The van der Waals surface area contributed by atoms with Crippen molar-refractivity contribution in [2.24, 2.45) is 11.7 Å². The number of nitrogens with two attached hydrogens (primary N) is 1. The highest BCUT2D eigenvalue weighted by molar-refractivity contribution is 7.80. The lowest BCUT2D eigenvalue weighted by Crippen LogP contribution is -2.56. The Balaban J connectivity index is 2.69. The number of thiol groups is 1. The summed E-state index contributed by atoms with van der Waals surface area (Å²) in [5, 5.41) is 23.5. The zero-order valence-electron chi connectivity index (χ0n) is 15.4. The van der Waals surface area contributed by atoms with Crippen LogP contribution in [0.25, 0.3) is 0 Å². The van der Waals surface area contributed by atoms with Crippen molar-refractivity contribution >= 4 is 30.4 Å². The molecule has 0 aliphatic heterocycles. The van der Waals surface area contributed by atoms with Crippen molar-refractivity contribution in [2.45, 2.75) is 44.8 Å². The standard InChI is InChI=1S/C18H27N3O5S/c1-3-10(2)15(18(25)26)21-17(24)14(9-27)20-16(23)13(19)8-11-4-6-12(22)7-5-11/h4-7,10,13-15,22,27H,3,8-9,19H2,1-2H3,(H,20,23)(H,21,24)(H,25,26). The summed E-state index contributed by atoms with van der Waals surface area (Å²) >= 11 is 4.07. The van der Waals surface area contributed by atoms with Gasteiger partial charge in [-0.05, 0) is 30.0 Å². The molecule has 4 unspecified atom stereocenters. The van der Waals surface area contributed by atoms with E-state index in [9.17, 15) is 24.6 Å². The summed E-state index contributed by atoms with van der Waals surface area (Å²) in [7, 11) is 0. The van der Waals surface area contributed by atoms with Gasteiger partial charge in [0.2, 0.25) is 11.8 Å². The first-order valence-corrected chi connectivity index (χ1v) is 9.30. The van der Waals surface area contributed by atoms with Crippen LogP contribution in [0.2, 0.25) is 0 Å². The zero-order chi connectivity index (χ0) is 20.6. The van der Waals surface area contributed by atoms with Crippen molar-refractivity contribution in [2.75, 3.05) is 5.75 Å². The van der Waals surface area contributed by atoms with Crippen LogP contribution in [0.15, 0.2) is 24.3 Å². The first-order chi connectivity index (χ1) is 12.7. The highest BCUT2D eigenvalue weighted by atomic mass is 32.1. The van der Waals surface area contributed by atoms with Gasteiger partial charge in [0.25, 0.3) is 0 Å². The lowest BCUT2D eigenvalue weighted by atomic mass is 9.99. The number of carboxylic acid groups (broad SMARTS) is 1. The van der Waals surface area contributed by atoms with Gasteiger partial charge in [-0.25, -0.2) is 4.79 Å². The molecule has 1 aromatic carbocycles. The third-order valence-corrected chi connectivity index (χ3v) is 4.69. The van der Waals surface area contributed by atoms with Gasteiger partial charge in [0.1, 0.15) is 17.8 Å². The first-order valence-electron chi connectivity index (χ1n) is 8.67. The molecule has 0 bridgehead atoms. The van der Waals surface area contributed by atoms with E-state index in [1.807, 2.05) is 6.92 Å². The van der Waals surface area contributed by atoms with E-state index in [1.165, 1.54) is 12.1 Å². The molecule has 0 heterocycles. The number of hydrogen-bond donors (Lipinski definition) is 6. The fourth-order valence-electron chi connectivity index (χ4n) is 2.39. The van der Waals surface area contributed by atoms with Crippen LogP contribution in [0.3, 0.4) is 0 Å². The molecule has 150 valence electrons. The summed E-state index contributed by atoms with van der Waals surface area (Å²) in [6.45, 7) is 3.55. The summed E-state index contributed by atoms with van der Waals surface area (Å²) < 4.78 is 0. The Bertz CT molecular complexity index is 653. The van der Waals surface area contributed by atoms with E-state index in [4.69, 9.17) is 5.73 Å². The van der Waals surface area contributed by atoms with Gasteiger partial charge < -0.3 is 26.6 Å². The Labute approximate surface area is 163 Å². The highest BCUT2D eigenvalue weighted by Crippen LogP contribution is 2.11. The average Bonchev–Trinajstić information content (AvgIpc) is 2.64. The van der Waals surface area contributed by atoms with Gasteiger partial charge in [0, 0.05) is 5.75 Å². The van der Waals surface area contributed by atoms with E-state index in [0.29, 0.717) is 6.42 Å². The number of aromatic hydroxyl groups is 1. The van der Waals surface area contributed by atoms with Gasteiger partial charge in [-0.15, -0.1) is 0 Å². The second kappa shape index (κ2) is 10.8. The first kappa shape index (κ1) is 22.8. The fourth-order valence-corrected chi connectivity index (χ4v) is 2.65. The molecule has 0 aliphatic rings. The molecule has 0 spiro atoms. The molecule has 4 atom stereocenters. The van der Waals surface area contributed by atoms with Gasteiger partial charge in [-0.1, -0.05) is 32.4 Å². The normalized spacial score (nSPS) is 15.3. The molecular formula is C18H27N3O5S. The van der Waals surface area contributed by atoms with Crippen LogP contribution >= 0.6 is 12.6 Å². The minimum Gasteiger partial charge on any atom is -0.508 e. The number of carboxylic acids is 1. The third-order valence-electron chi connectivity index (χ3n) is 4.32. The maximum atomic E-state index is 12.4. The van der Waals surface area contributed by atoms with Crippen LogP contribution in [0.1, 0.15) is 25.8 Å². The number of amides is 2. The molecule has 9 heteroatoms. The number of phenolic OH excluding ortho intramolecular Hbond substituents is 1. The van der Waals surface area contributed by atoms with E-state index < -0.39 is 35.9 Å². The molecule has 0 fully saturated rings. The van der Waals surface area contributed by atoms with Crippen molar-refractivity contribution in [1.29, 1.82) is 0 Å². The smallest absolute Gasteiger partial charge is 0.326 e. The number of carbonyl (C=O) groups is 3. The summed E-state index contributed by atoms with van der Waals surface area (Å²) in [4.78, 5) is 36.0. The minimum absolute atomic E-state index is 0.00362. The predicted molar refractivity (Wildman–Crippen MR) is 105 cm³/mol. The van der Waals surface area contributed by atoms with Gasteiger partial charge in [0.15, 0.2) is 0 Å². The van der Waals surface area contributed by atoms with Crippen molar-refractivity contribution in [3.63, 3.8) is 0 Å². The Kier molecular flexibility index (Phi) is 9.10. The van der Waals surface area contributed by atoms with Crippen molar-refractivity contribution in [3.05, 3.63) is 29.8 Å². The third kappa shape index (κ3) is 7.10. The van der Waals surface area contributed by atoms with Crippen LogP contribution < -0.4 is 16.4 Å². The minimum atomic E-state index is -1.13. The van der Waals surface area contributed by atoms with Crippen molar-refractivity contribution < 1.29 is 24.6 Å². The number of phenols is 1. The van der Waals surface area contributed by atoms with Crippen molar-refractivity contribution in [3.8, 4) is 5.75 Å². The van der Waals surface area contributed by atoms with Gasteiger partial charge in [0.05, 0.1) is 6.04 Å². The molecule has 0 saturated carbocycles. The largest absolute Gasteiger partial charge is 0.508 e. The summed E-state index contributed by atoms with van der Waals surface area (Å²) in [6, 6.07) is 3.32. The molecule has 8 nitrogen and oxygen atoms in total. The van der Waals surface area contributed by atoms with Crippen LogP contribution in [-0.2, 0) is 20.8 Å². The quantitative estimate of drug-likeness (QED) is 0.314. The molecule has 0 aliphatic carbocycles. The lowest BCUT2D eigenvalue weighted by molar-refractivity contribution is -0.143. The maximum absolute atomic E-state index is 12.4. The van der Waals surface area contributed by atoms with Crippen LogP contribution in [-0.4, -0.2) is 51.9 Å². The molecule has 27 heavy (non-hydrogen) atoms. The molecule has 1 aromatic rings. The molecule has 2 amide bonds. The molecule has 1 rings (SSSR count). The van der Waals surface area contributed by atoms with E-state index in [-0.39, 0.29) is 23.8 Å². The molecule has 0 saturated heterocycles. The van der Waals surface area contributed by atoms with Gasteiger partial charge >= 0.3 is 5.97 Å². The number of benzene rings is 1. The molecule has 0 aromatic heterocycles. The molecule has 6 N–H and O–H groups in total. The Morgan fingerprint density at radius 1 is 1.15 bits per heavy atom. The van der Waals surface area contributed by atoms with Gasteiger partial charge in [-0.3, -0.25) is 9.59 Å². The monoisotopic (exact) mass is 397 g/mol. The number of nitrogens with one attached hydrogen (secondary N) is 2. The number of carbonyl (C=O) groups excluding carboxylic acids is 2. The second-order valence-electron chi connectivity index (χ2n) is 6.43. The number of rotatable bonds is 10. The molecular weight excluding hydrogens is 370 g/mol. The Morgan fingerprint density at radius 2 is 1.74 bits per heavy atom. The Hall–Kier alpha value is -2.26. The second-order valence-corrected chi connectivity index (χ2v) is 6.80. The Morgan fingerprint density at radius 3 is 2.22 bits per heavy atom. The lowest BCUT2D eigenvalue weighted by Gasteiger charge is -2.24. The predicted octanol–water partition coefficient (Wildman–Crippen LogP) is 0.292. The fraction of sp³-hybridized carbons (Fsp3) is 0.500. The maximum Gasteiger partial charge on any atom is 0.326 e. The summed E-state index contributed by atoms with van der Waals surface area (Å²) in [6.07, 6.45) is 0.796. The van der Waals surface area contributed by atoms with Crippen LogP contribution in [0.4, 0.5) is 0 Å². The summed E-state index contributed by atoms with van der Waals surface area (Å²) in [5.74, 6) is -2.46. The van der Waals surface area contributed by atoms with Crippen LogP contribution in [0.5, 0.6) is 5.75 Å². The topological polar surface area (TPSA) is 142 Å². The van der Waals surface area contributed by atoms with Crippen LogP contribution in [0, 0.1) is 5.92 Å².